The summed E-state index contributed by atoms with van der Waals surface area (Å²) in [6.45, 7) is 0. The average Bonchev–Trinajstić information content (AvgIpc) is 2.82. The molecular weight excluding hydrogens is 245 g/mol. The minimum atomic E-state index is -0.358. The monoisotopic (exact) mass is 261 g/mol. The van der Waals surface area contributed by atoms with Gasteiger partial charge in [-0.2, -0.15) is 0 Å². The van der Waals surface area contributed by atoms with Gasteiger partial charge in [-0.05, 0) is 43.9 Å². The average molecular weight is 261 g/mol. The molecule has 0 amide bonds. The third kappa shape index (κ3) is 2.48. The number of halogens is 1. The van der Waals surface area contributed by atoms with E-state index in [9.17, 15) is 9.18 Å². The molecule has 4 heteroatoms. The van der Waals surface area contributed by atoms with Crippen LogP contribution in [0.2, 0.25) is 0 Å². The summed E-state index contributed by atoms with van der Waals surface area (Å²) in [5.74, 6) is -0.706. The first kappa shape index (κ1) is 12.2. The molecule has 1 N–H and O–H groups in total. The van der Waals surface area contributed by atoms with Crippen LogP contribution in [0.25, 0.3) is 10.9 Å². The maximum atomic E-state index is 13.3. The number of rotatable bonds is 2. The van der Waals surface area contributed by atoms with Gasteiger partial charge >= 0.3 is 5.97 Å². The molecule has 0 unspecified atom stereocenters. The van der Waals surface area contributed by atoms with Crippen LogP contribution in [0.3, 0.4) is 0 Å². The summed E-state index contributed by atoms with van der Waals surface area (Å²) >= 11 is 0. The summed E-state index contributed by atoms with van der Waals surface area (Å²) in [7, 11) is 0. The number of benzene rings is 1. The molecule has 1 heterocycles. The highest BCUT2D eigenvalue weighted by molar-refractivity contribution is 6.04. The van der Waals surface area contributed by atoms with E-state index in [1.54, 1.807) is 12.3 Å². The minimum absolute atomic E-state index is 0.0137. The highest BCUT2D eigenvalue weighted by atomic mass is 19.1. The van der Waals surface area contributed by atoms with E-state index in [2.05, 4.69) is 4.98 Å². The zero-order chi connectivity index (χ0) is 13.2. The van der Waals surface area contributed by atoms with Gasteiger partial charge < -0.3 is 9.72 Å². The van der Waals surface area contributed by atoms with E-state index >= 15 is 0 Å². The van der Waals surface area contributed by atoms with Crippen LogP contribution in [-0.4, -0.2) is 17.1 Å². The Labute approximate surface area is 110 Å². The Bertz CT molecular complexity index is 599. The Hall–Kier alpha value is -1.84. The fourth-order valence-corrected chi connectivity index (χ4v) is 2.66. The van der Waals surface area contributed by atoms with E-state index in [1.807, 2.05) is 0 Å². The Morgan fingerprint density at radius 3 is 2.84 bits per heavy atom. The lowest BCUT2D eigenvalue weighted by molar-refractivity contribution is 0.0213. The topological polar surface area (TPSA) is 42.1 Å². The molecule has 2 aromatic rings. The number of hydrogen-bond donors (Lipinski definition) is 1. The van der Waals surface area contributed by atoms with Gasteiger partial charge in [0, 0.05) is 17.1 Å². The molecule has 0 bridgehead atoms. The van der Waals surface area contributed by atoms with Crippen molar-refractivity contribution >= 4 is 16.9 Å². The van der Waals surface area contributed by atoms with Crippen LogP contribution in [-0.2, 0) is 4.74 Å². The molecule has 0 aliphatic heterocycles. The standard InChI is InChI=1S/C15H16FNO2/c16-10-6-7-14-12(8-10)13(9-17-14)15(18)19-11-4-2-1-3-5-11/h6-9,11,17H,1-5H2. The molecule has 0 saturated heterocycles. The number of H-pyrrole nitrogens is 1. The highest BCUT2D eigenvalue weighted by Gasteiger charge is 2.20. The molecule has 1 fully saturated rings. The van der Waals surface area contributed by atoms with Gasteiger partial charge in [0.1, 0.15) is 11.9 Å². The lowest BCUT2D eigenvalue weighted by atomic mass is 9.98. The van der Waals surface area contributed by atoms with Crippen molar-refractivity contribution in [3.63, 3.8) is 0 Å². The van der Waals surface area contributed by atoms with Crippen LogP contribution < -0.4 is 0 Å². The number of carbonyl (C=O) groups excluding carboxylic acids is 1. The van der Waals surface area contributed by atoms with Crippen molar-refractivity contribution in [2.75, 3.05) is 0 Å². The van der Waals surface area contributed by atoms with Gasteiger partial charge in [0.15, 0.2) is 0 Å². The van der Waals surface area contributed by atoms with Gasteiger partial charge in [0.05, 0.1) is 5.56 Å². The van der Waals surface area contributed by atoms with Crippen molar-refractivity contribution in [1.82, 2.24) is 4.98 Å². The molecule has 0 atom stereocenters. The van der Waals surface area contributed by atoms with Crippen LogP contribution in [0, 0.1) is 5.82 Å². The number of ether oxygens (including phenoxy) is 1. The lowest BCUT2D eigenvalue weighted by Gasteiger charge is -2.21. The largest absolute Gasteiger partial charge is 0.459 e. The number of aromatic nitrogens is 1. The van der Waals surface area contributed by atoms with E-state index in [0.717, 1.165) is 31.2 Å². The predicted molar refractivity (Wildman–Crippen MR) is 70.5 cm³/mol. The fraction of sp³-hybridized carbons (Fsp3) is 0.400. The van der Waals surface area contributed by atoms with Crippen molar-refractivity contribution in [1.29, 1.82) is 0 Å². The van der Waals surface area contributed by atoms with Crippen molar-refractivity contribution in [3.8, 4) is 0 Å². The maximum Gasteiger partial charge on any atom is 0.340 e. The number of fused-ring (bicyclic) bond motifs is 1. The van der Waals surface area contributed by atoms with Gasteiger partial charge in [-0.1, -0.05) is 6.42 Å². The first-order valence-corrected chi connectivity index (χ1v) is 6.71. The smallest absolute Gasteiger partial charge is 0.340 e. The number of carbonyl (C=O) groups is 1. The molecule has 1 aromatic heterocycles. The van der Waals surface area contributed by atoms with E-state index in [1.165, 1.54) is 18.6 Å². The van der Waals surface area contributed by atoms with E-state index in [0.29, 0.717) is 10.9 Å². The van der Waals surface area contributed by atoms with Crippen LogP contribution in [0.1, 0.15) is 42.5 Å². The van der Waals surface area contributed by atoms with E-state index in [4.69, 9.17) is 4.74 Å². The van der Waals surface area contributed by atoms with Gasteiger partial charge in [0.2, 0.25) is 0 Å². The van der Waals surface area contributed by atoms with Crippen molar-refractivity contribution in [2.24, 2.45) is 0 Å². The maximum absolute atomic E-state index is 13.3. The summed E-state index contributed by atoms with van der Waals surface area (Å²) < 4.78 is 18.8. The molecule has 1 saturated carbocycles. The van der Waals surface area contributed by atoms with Gasteiger partial charge in [0.25, 0.3) is 0 Å². The molecule has 3 nitrogen and oxygen atoms in total. The van der Waals surface area contributed by atoms with Crippen LogP contribution in [0.15, 0.2) is 24.4 Å². The minimum Gasteiger partial charge on any atom is -0.459 e. The summed E-state index contributed by atoms with van der Waals surface area (Å²) in [6.07, 6.45) is 6.91. The normalized spacial score (nSPS) is 16.7. The third-order valence-electron chi connectivity index (χ3n) is 3.69. The van der Waals surface area contributed by atoms with Crippen LogP contribution in [0.5, 0.6) is 0 Å². The Balaban J connectivity index is 1.82. The molecule has 1 aromatic carbocycles. The van der Waals surface area contributed by atoms with Crippen molar-refractivity contribution in [3.05, 3.63) is 35.8 Å². The number of hydrogen-bond acceptors (Lipinski definition) is 2. The molecule has 1 aliphatic rings. The first-order chi connectivity index (χ1) is 9.24. The quantitative estimate of drug-likeness (QED) is 0.835. The first-order valence-electron chi connectivity index (χ1n) is 6.71. The van der Waals surface area contributed by atoms with Crippen LogP contribution >= 0.6 is 0 Å². The molecule has 3 rings (SSSR count). The summed E-state index contributed by atoms with van der Waals surface area (Å²) in [4.78, 5) is 15.1. The number of esters is 1. The summed E-state index contributed by atoms with van der Waals surface area (Å²) in [5, 5.41) is 0.584. The summed E-state index contributed by atoms with van der Waals surface area (Å²) in [6, 6.07) is 4.36. The third-order valence-corrected chi connectivity index (χ3v) is 3.69. The van der Waals surface area contributed by atoms with Crippen molar-refractivity contribution < 1.29 is 13.9 Å². The second-order valence-electron chi connectivity index (χ2n) is 5.06. The predicted octanol–water partition coefficient (Wildman–Crippen LogP) is 3.80. The highest BCUT2D eigenvalue weighted by Crippen LogP contribution is 2.24. The molecule has 0 spiro atoms. The molecule has 1 aliphatic carbocycles. The Morgan fingerprint density at radius 1 is 1.26 bits per heavy atom. The van der Waals surface area contributed by atoms with Crippen LogP contribution in [0.4, 0.5) is 4.39 Å². The molecule has 100 valence electrons. The second-order valence-corrected chi connectivity index (χ2v) is 5.06. The van der Waals surface area contributed by atoms with Gasteiger partial charge in [-0.3, -0.25) is 0 Å². The van der Waals surface area contributed by atoms with E-state index in [-0.39, 0.29) is 17.9 Å². The molecule has 19 heavy (non-hydrogen) atoms. The van der Waals surface area contributed by atoms with Gasteiger partial charge in [-0.15, -0.1) is 0 Å². The number of aromatic amines is 1. The Morgan fingerprint density at radius 2 is 2.05 bits per heavy atom. The van der Waals surface area contributed by atoms with Gasteiger partial charge in [-0.25, -0.2) is 9.18 Å². The number of nitrogens with one attached hydrogen (secondary N) is 1. The molecular formula is C15H16FNO2. The van der Waals surface area contributed by atoms with E-state index < -0.39 is 0 Å². The SMILES string of the molecule is O=C(OC1CCCCC1)c1c[nH]c2ccc(F)cc12. The zero-order valence-electron chi connectivity index (χ0n) is 10.6. The fourth-order valence-electron chi connectivity index (χ4n) is 2.66. The molecule has 0 radical (unpaired) electrons. The summed E-state index contributed by atoms with van der Waals surface area (Å²) in [5.41, 5.74) is 1.16. The second kappa shape index (κ2) is 5.03. The zero-order valence-corrected chi connectivity index (χ0v) is 10.6. The van der Waals surface area contributed by atoms with Crippen molar-refractivity contribution in [2.45, 2.75) is 38.2 Å². The lowest BCUT2D eigenvalue weighted by Crippen LogP contribution is -2.20. The Kier molecular flexibility index (Phi) is 3.23.